The largest absolute Gasteiger partial charge is 0.520 e. The third-order valence-corrected chi connectivity index (χ3v) is 3.72. The van der Waals surface area contributed by atoms with Gasteiger partial charge in [0.05, 0.1) is 0 Å². The van der Waals surface area contributed by atoms with Gasteiger partial charge in [-0.05, 0) is 23.1 Å². The minimum absolute atomic E-state index is 0. The first-order chi connectivity index (χ1) is 11.6. The zero-order valence-corrected chi connectivity index (χ0v) is 16.2. The Morgan fingerprint density at radius 3 is 2.28 bits per heavy atom. The fourth-order valence-electron chi connectivity index (χ4n) is 2.36. The van der Waals surface area contributed by atoms with E-state index in [1.54, 1.807) is 6.41 Å². The van der Waals surface area contributed by atoms with Crippen molar-refractivity contribution in [3.8, 4) is 0 Å². The number of hydrogen-bond donors (Lipinski definition) is 2. The number of benzene rings is 2. The average molecular weight is 519 g/mol. The first-order valence-electron chi connectivity index (χ1n) is 7.77. The van der Waals surface area contributed by atoms with Gasteiger partial charge in [0.2, 0.25) is 0 Å². The Hall–Kier alpha value is -2.01. The molecule has 0 spiro atoms. The first-order valence-corrected chi connectivity index (χ1v) is 7.77. The van der Waals surface area contributed by atoms with E-state index >= 15 is 0 Å². The van der Waals surface area contributed by atoms with Crippen LogP contribution in [0.15, 0.2) is 54.6 Å². The summed E-state index contributed by atoms with van der Waals surface area (Å²) in [6.07, 6.45) is 0.745. The van der Waals surface area contributed by atoms with E-state index in [1.807, 2.05) is 61.5 Å². The van der Waals surface area contributed by atoms with E-state index in [1.165, 1.54) is 0 Å². The van der Waals surface area contributed by atoms with Crippen molar-refractivity contribution in [2.45, 2.75) is 32.1 Å². The van der Waals surface area contributed by atoms with Crippen molar-refractivity contribution >= 4 is 12.4 Å². The zero-order valence-electron chi connectivity index (χ0n) is 13.8. The molecule has 2 aromatic carbocycles. The van der Waals surface area contributed by atoms with Crippen LogP contribution in [0.1, 0.15) is 29.8 Å². The summed E-state index contributed by atoms with van der Waals surface area (Å²) in [5.74, 6) is -1.08. The van der Waals surface area contributed by atoms with Crippen LogP contribution >= 0.6 is 0 Å². The number of aliphatic carboxylic acids is 1. The molecule has 6 heteroatoms. The molecule has 0 heterocycles. The summed E-state index contributed by atoms with van der Waals surface area (Å²) >= 11 is 0. The zero-order chi connectivity index (χ0) is 17.4. The van der Waals surface area contributed by atoms with Crippen LogP contribution in [0, 0.1) is 0 Å². The fraction of sp³-hybridized carbons (Fsp3) is 0.263. The Morgan fingerprint density at radius 2 is 1.76 bits per heavy atom. The maximum Gasteiger partial charge on any atom is 0.333 e. The van der Waals surface area contributed by atoms with Gasteiger partial charge in [0.15, 0.2) is 6.10 Å². The standard InChI is InChI=1S/C19H20NO4.Ir/c1-2-14-8-10-16(11-9-14)18(20-13-21)24-17(19(22)23)12-15-6-4-3-5-7-15;/h3-11,17-18H,2,12H2,1H3,(H,20,21)(H,22,23);/q-1;. The van der Waals surface area contributed by atoms with E-state index < -0.39 is 18.3 Å². The van der Waals surface area contributed by atoms with Crippen molar-refractivity contribution in [3.63, 3.8) is 0 Å². The molecule has 2 atom stereocenters. The summed E-state index contributed by atoms with van der Waals surface area (Å²) in [4.78, 5) is 22.3. The Morgan fingerprint density at radius 1 is 1.12 bits per heavy atom. The third kappa shape index (κ3) is 6.42. The minimum atomic E-state index is -1.08. The molecule has 1 radical (unpaired) electrons. The smallest absolute Gasteiger partial charge is 0.333 e. The van der Waals surface area contributed by atoms with Gasteiger partial charge in [-0.15, -0.1) is 0 Å². The second-order valence-corrected chi connectivity index (χ2v) is 5.37. The van der Waals surface area contributed by atoms with Gasteiger partial charge in [-0.1, -0.05) is 61.5 Å². The predicted octanol–water partition coefficient (Wildman–Crippen LogP) is 2.61. The number of carboxylic acid groups (broad SMARTS) is 1. The van der Waals surface area contributed by atoms with Crippen molar-refractivity contribution in [2.24, 2.45) is 0 Å². The number of amides is 1. The molecule has 135 valence electrons. The van der Waals surface area contributed by atoms with Crippen LogP contribution in [-0.4, -0.2) is 23.6 Å². The van der Waals surface area contributed by atoms with Gasteiger partial charge in [-0.25, -0.2) is 4.79 Å². The quantitative estimate of drug-likeness (QED) is 0.304. The Labute approximate surface area is 160 Å². The number of aryl methyl sites for hydroxylation is 1. The molecule has 2 rings (SSSR count). The summed E-state index contributed by atoms with van der Waals surface area (Å²) in [5.41, 5.74) is 2.67. The summed E-state index contributed by atoms with van der Waals surface area (Å²) in [6, 6.07) is 16.7. The average Bonchev–Trinajstić information content (AvgIpc) is 2.61. The van der Waals surface area contributed by atoms with Crippen molar-refractivity contribution in [1.29, 1.82) is 0 Å². The Balaban J connectivity index is 0.00000312. The number of nitrogens with one attached hydrogen (secondary N) is 1. The van der Waals surface area contributed by atoms with Crippen LogP contribution in [0.25, 0.3) is 0 Å². The van der Waals surface area contributed by atoms with Gasteiger partial charge in [0, 0.05) is 26.5 Å². The minimum Gasteiger partial charge on any atom is -0.520 e. The summed E-state index contributed by atoms with van der Waals surface area (Å²) in [6.45, 7) is 2.04. The van der Waals surface area contributed by atoms with Gasteiger partial charge < -0.3 is 20.0 Å². The molecule has 0 aromatic heterocycles. The van der Waals surface area contributed by atoms with Gasteiger partial charge >= 0.3 is 5.97 Å². The molecule has 0 aliphatic heterocycles. The van der Waals surface area contributed by atoms with Crippen molar-refractivity contribution < 1.29 is 39.5 Å². The molecule has 0 saturated heterocycles. The third-order valence-electron chi connectivity index (χ3n) is 3.72. The number of carbonyl (C=O) groups is 1. The summed E-state index contributed by atoms with van der Waals surface area (Å²) in [7, 11) is 0. The SMILES string of the molecule is CCc1ccc(C(N[C-]=O)OC(Cc2ccccc2)C(=O)O)cc1.[Ir]. The first kappa shape index (κ1) is 21.0. The normalized spacial score (nSPS) is 12.5. The van der Waals surface area contributed by atoms with Crippen LogP contribution in [0.4, 0.5) is 0 Å². The van der Waals surface area contributed by atoms with Gasteiger partial charge in [0.25, 0.3) is 0 Å². The molecule has 5 nitrogen and oxygen atoms in total. The second-order valence-electron chi connectivity index (χ2n) is 5.37. The summed E-state index contributed by atoms with van der Waals surface area (Å²) in [5, 5.41) is 11.8. The fourth-order valence-corrected chi connectivity index (χ4v) is 2.36. The van der Waals surface area contributed by atoms with Crippen LogP contribution in [-0.2, 0) is 47.3 Å². The molecule has 25 heavy (non-hydrogen) atoms. The monoisotopic (exact) mass is 519 g/mol. The summed E-state index contributed by atoms with van der Waals surface area (Å²) < 4.78 is 5.64. The topological polar surface area (TPSA) is 75.6 Å². The number of carbonyl (C=O) groups excluding carboxylic acids is 1. The van der Waals surface area contributed by atoms with Crippen LogP contribution in [0.5, 0.6) is 0 Å². The van der Waals surface area contributed by atoms with E-state index in [2.05, 4.69) is 5.32 Å². The Kier molecular flexibility index (Phi) is 9.06. The van der Waals surface area contributed by atoms with E-state index in [0.717, 1.165) is 17.5 Å². The van der Waals surface area contributed by atoms with Crippen molar-refractivity contribution in [3.05, 3.63) is 71.3 Å². The van der Waals surface area contributed by atoms with Crippen molar-refractivity contribution in [2.75, 3.05) is 0 Å². The van der Waals surface area contributed by atoms with E-state index in [4.69, 9.17) is 4.74 Å². The van der Waals surface area contributed by atoms with Crippen LogP contribution < -0.4 is 5.32 Å². The number of rotatable bonds is 9. The molecular formula is C19H20IrNO4-. The molecule has 2 unspecified atom stereocenters. The molecule has 0 aliphatic rings. The molecule has 2 aromatic rings. The molecule has 0 saturated carbocycles. The number of hydrogen-bond acceptors (Lipinski definition) is 3. The molecule has 0 fully saturated rings. The van der Waals surface area contributed by atoms with E-state index in [0.29, 0.717) is 5.56 Å². The van der Waals surface area contributed by atoms with Crippen molar-refractivity contribution in [1.82, 2.24) is 5.32 Å². The second kappa shape index (κ2) is 10.8. The van der Waals surface area contributed by atoms with Gasteiger partial charge in [-0.2, -0.15) is 6.41 Å². The Bertz CT molecular complexity index is 661. The predicted molar refractivity (Wildman–Crippen MR) is 90.0 cm³/mol. The van der Waals surface area contributed by atoms with Crippen LogP contribution in [0.3, 0.4) is 0 Å². The number of ether oxygens (including phenoxy) is 1. The molecule has 1 amide bonds. The van der Waals surface area contributed by atoms with Gasteiger partial charge in [-0.3, -0.25) is 0 Å². The van der Waals surface area contributed by atoms with E-state index in [-0.39, 0.29) is 26.5 Å². The molecule has 0 aliphatic carbocycles. The number of carboxylic acids is 1. The maximum absolute atomic E-state index is 11.5. The van der Waals surface area contributed by atoms with Gasteiger partial charge in [0.1, 0.15) is 6.23 Å². The molecule has 2 N–H and O–H groups in total. The van der Waals surface area contributed by atoms with E-state index in [9.17, 15) is 14.7 Å². The van der Waals surface area contributed by atoms with Crippen LogP contribution in [0.2, 0.25) is 0 Å². The molecular weight excluding hydrogens is 498 g/mol. The maximum atomic E-state index is 11.5. The molecule has 0 bridgehead atoms.